The molecule has 0 aromatic carbocycles. The van der Waals surface area contributed by atoms with E-state index < -0.39 is 0 Å². The molecular weight excluding hydrogens is 250 g/mol. The largest absolute Gasteiger partial charge is 0.393 e. The Bertz CT molecular complexity index is 584. The topological polar surface area (TPSA) is 52.2 Å². The third-order valence-electron chi connectivity index (χ3n) is 4.58. The van der Waals surface area contributed by atoms with Crippen LogP contribution in [-0.2, 0) is 6.42 Å². The van der Waals surface area contributed by atoms with Gasteiger partial charge in [0, 0.05) is 30.9 Å². The van der Waals surface area contributed by atoms with Crippen LogP contribution >= 0.6 is 0 Å². The van der Waals surface area contributed by atoms with Crippen LogP contribution in [0.25, 0.3) is 11.0 Å². The van der Waals surface area contributed by atoms with Crippen molar-refractivity contribution in [2.45, 2.75) is 51.2 Å². The number of anilines is 1. The summed E-state index contributed by atoms with van der Waals surface area (Å²) in [6.07, 6.45) is 8.79. The number of hydrogen-bond acceptors (Lipinski definition) is 3. The number of fused-ring (bicyclic) bond motifs is 1. The van der Waals surface area contributed by atoms with Gasteiger partial charge in [-0.15, -0.1) is 0 Å². The number of aryl methyl sites for hydroxylation is 1. The molecule has 20 heavy (non-hydrogen) atoms. The highest BCUT2D eigenvalue weighted by atomic mass is 16.3. The fraction of sp³-hybridized carbons (Fsp3) is 0.562. The minimum atomic E-state index is -0.102. The van der Waals surface area contributed by atoms with Gasteiger partial charge in [-0.25, -0.2) is 4.98 Å². The molecule has 1 aliphatic rings. The normalized spacial score (nSPS) is 23.1. The summed E-state index contributed by atoms with van der Waals surface area (Å²) in [4.78, 5) is 10.1. The number of aromatic amines is 1. The lowest BCUT2D eigenvalue weighted by Crippen LogP contribution is -2.37. The molecular formula is C16H23N3O. The maximum Gasteiger partial charge on any atom is 0.139 e. The summed E-state index contributed by atoms with van der Waals surface area (Å²) in [5.74, 6) is 0. The van der Waals surface area contributed by atoms with E-state index in [0.717, 1.165) is 37.8 Å². The van der Waals surface area contributed by atoms with E-state index in [0.29, 0.717) is 6.04 Å². The average Bonchev–Trinajstić information content (AvgIpc) is 2.94. The second kappa shape index (κ2) is 5.44. The van der Waals surface area contributed by atoms with Gasteiger partial charge in [-0.05, 0) is 43.7 Å². The number of H-pyrrole nitrogens is 1. The summed E-state index contributed by atoms with van der Waals surface area (Å²) in [5.41, 5.74) is 3.56. The van der Waals surface area contributed by atoms with Gasteiger partial charge < -0.3 is 15.0 Å². The van der Waals surface area contributed by atoms with Gasteiger partial charge in [-0.1, -0.05) is 6.92 Å². The van der Waals surface area contributed by atoms with Crippen LogP contribution in [0, 0.1) is 0 Å². The van der Waals surface area contributed by atoms with Crippen LogP contribution in [0.1, 0.15) is 38.2 Å². The second-order valence-electron chi connectivity index (χ2n) is 5.80. The number of hydrogen-bond donors (Lipinski definition) is 2. The highest BCUT2D eigenvalue weighted by Gasteiger charge is 2.25. The summed E-state index contributed by atoms with van der Waals surface area (Å²) in [6, 6.07) is 2.63. The highest BCUT2D eigenvalue weighted by molar-refractivity contribution is 5.91. The zero-order valence-electron chi connectivity index (χ0n) is 12.3. The zero-order valence-corrected chi connectivity index (χ0v) is 12.3. The van der Waals surface area contributed by atoms with Crippen molar-refractivity contribution in [2.75, 3.05) is 11.9 Å². The first-order chi connectivity index (χ1) is 9.70. The van der Waals surface area contributed by atoms with E-state index in [4.69, 9.17) is 0 Å². The van der Waals surface area contributed by atoms with Crippen LogP contribution < -0.4 is 4.90 Å². The molecule has 1 fully saturated rings. The number of nitrogens with one attached hydrogen (secondary N) is 1. The summed E-state index contributed by atoms with van der Waals surface area (Å²) < 4.78 is 0. The van der Waals surface area contributed by atoms with Crippen LogP contribution in [0.4, 0.5) is 5.69 Å². The molecule has 1 saturated carbocycles. The average molecular weight is 273 g/mol. The lowest BCUT2D eigenvalue weighted by Gasteiger charge is -2.36. The maximum absolute atomic E-state index is 9.69. The summed E-state index contributed by atoms with van der Waals surface area (Å²) >= 11 is 0. The van der Waals surface area contributed by atoms with Gasteiger partial charge in [0.05, 0.1) is 11.8 Å². The first kappa shape index (κ1) is 13.4. The minimum Gasteiger partial charge on any atom is -0.393 e. The van der Waals surface area contributed by atoms with Crippen molar-refractivity contribution in [1.29, 1.82) is 0 Å². The standard InChI is InChI=1S/C16H23N3O/c1-3-11-10-18-16-14(8-9-17-16)15(11)19(2)12-4-6-13(20)7-5-12/h8-10,12-13,20H,3-7H2,1-2H3,(H,17,18)/t12-,13+. The second-order valence-corrected chi connectivity index (χ2v) is 5.80. The van der Waals surface area contributed by atoms with Crippen molar-refractivity contribution >= 4 is 16.7 Å². The molecule has 0 radical (unpaired) electrons. The minimum absolute atomic E-state index is 0.102. The molecule has 108 valence electrons. The Balaban J connectivity index is 1.97. The molecule has 4 nitrogen and oxygen atoms in total. The molecule has 2 aromatic rings. The van der Waals surface area contributed by atoms with Crippen LogP contribution in [0.3, 0.4) is 0 Å². The van der Waals surface area contributed by atoms with Crippen LogP contribution in [0.2, 0.25) is 0 Å². The molecule has 0 spiro atoms. The van der Waals surface area contributed by atoms with Gasteiger partial charge in [0.25, 0.3) is 0 Å². The van der Waals surface area contributed by atoms with Crippen LogP contribution in [-0.4, -0.2) is 34.3 Å². The van der Waals surface area contributed by atoms with Crippen LogP contribution in [0.5, 0.6) is 0 Å². The van der Waals surface area contributed by atoms with Crippen LogP contribution in [0.15, 0.2) is 18.5 Å². The highest BCUT2D eigenvalue weighted by Crippen LogP contribution is 2.33. The molecule has 3 rings (SSSR count). The van der Waals surface area contributed by atoms with Crippen molar-refractivity contribution in [3.05, 3.63) is 24.0 Å². The zero-order chi connectivity index (χ0) is 14.1. The fourth-order valence-corrected chi connectivity index (χ4v) is 3.34. The first-order valence-electron chi connectivity index (χ1n) is 7.56. The van der Waals surface area contributed by atoms with Gasteiger partial charge >= 0.3 is 0 Å². The number of aromatic nitrogens is 2. The van der Waals surface area contributed by atoms with Gasteiger partial charge in [0.2, 0.25) is 0 Å². The van der Waals surface area contributed by atoms with E-state index >= 15 is 0 Å². The van der Waals surface area contributed by atoms with E-state index in [2.05, 4.69) is 34.9 Å². The van der Waals surface area contributed by atoms with Gasteiger partial charge in [0.15, 0.2) is 0 Å². The van der Waals surface area contributed by atoms with Crippen molar-refractivity contribution < 1.29 is 5.11 Å². The third kappa shape index (κ3) is 2.29. The summed E-state index contributed by atoms with van der Waals surface area (Å²) in [7, 11) is 2.18. The number of aliphatic hydroxyl groups excluding tert-OH is 1. The number of aliphatic hydroxyl groups is 1. The fourth-order valence-electron chi connectivity index (χ4n) is 3.34. The van der Waals surface area contributed by atoms with E-state index in [1.165, 1.54) is 16.6 Å². The predicted octanol–water partition coefficient (Wildman–Crippen LogP) is 2.87. The summed E-state index contributed by atoms with van der Waals surface area (Å²) in [5, 5.41) is 10.9. The Morgan fingerprint density at radius 2 is 2.10 bits per heavy atom. The molecule has 0 unspecified atom stereocenters. The molecule has 2 N–H and O–H groups in total. The molecule has 2 heterocycles. The van der Waals surface area contributed by atoms with E-state index in [1.807, 2.05) is 12.4 Å². The number of rotatable bonds is 3. The molecule has 0 aliphatic heterocycles. The summed E-state index contributed by atoms with van der Waals surface area (Å²) in [6.45, 7) is 2.18. The lowest BCUT2D eigenvalue weighted by molar-refractivity contribution is 0.122. The van der Waals surface area contributed by atoms with Gasteiger partial charge in [-0.2, -0.15) is 0 Å². The van der Waals surface area contributed by atoms with Crippen molar-refractivity contribution in [3.8, 4) is 0 Å². The smallest absolute Gasteiger partial charge is 0.139 e. The van der Waals surface area contributed by atoms with Gasteiger partial charge in [-0.3, -0.25) is 0 Å². The molecule has 0 bridgehead atoms. The SMILES string of the molecule is CCc1cnc2[nH]ccc2c1N(C)[C@H]1CC[C@@H](O)CC1. The van der Waals surface area contributed by atoms with E-state index in [9.17, 15) is 5.11 Å². The Hall–Kier alpha value is -1.55. The molecule has 4 heteroatoms. The van der Waals surface area contributed by atoms with Crippen molar-refractivity contribution in [1.82, 2.24) is 9.97 Å². The molecule has 0 saturated heterocycles. The Kier molecular flexibility index (Phi) is 3.66. The van der Waals surface area contributed by atoms with Gasteiger partial charge in [0.1, 0.15) is 5.65 Å². The monoisotopic (exact) mass is 273 g/mol. The van der Waals surface area contributed by atoms with E-state index in [1.54, 1.807) is 0 Å². The molecule has 0 atom stereocenters. The Labute approximate surface area is 119 Å². The number of nitrogens with zero attached hydrogens (tertiary/aromatic N) is 2. The Morgan fingerprint density at radius 1 is 1.35 bits per heavy atom. The molecule has 1 aliphatic carbocycles. The third-order valence-corrected chi connectivity index (χ3v) is 4.58. The molecule has 2 aromatic heterocycles. The maximum atomic E-state index is 9.69. The predicted molar refractivity (Wildman–Crippen MR) is 82.1 cm³/mol. The van der Waals surface area contributed by atoms with Crippen molar-refractivity contribution in [2.24, 2.45) is 0 Å². The lowest BCUT2D eigenvalue weighted by atomic mass is 9.91. The van der Waals surface area contributed by atoms with Crippen molar-refractivity contribution in [3.63, 3.8) is 0 Å². The van der Waals surface area contributed by atoms with E-state index in [-0.39, 0.29) is 6.10 Å². The molecule has 0 amide bonds. The first-order valence-corrected chi connectivity index (χ1v) is 7.56. The Morgan fingerprint density at radius 3 is 2.80 bits per heavy atom. The number of pyridine rings is 1. The quantitative estimate of drug-likeness (QED) is 0.904.